The molecule has 0 aliphatic heterocycles. The Balaban J connectivity index is 0.00000112. The number of halogens is 1. The molecular formula is C13H13BrZn. The van der Waals surface area contributed by atoms with E-state index in [1.54, 1.807) is 4.16 Å². The van der Waals surface area contributed by atoms with Crippen LogP contribution in [0.15, 0.2) is 60.7 Å². The van der Waals surface area contributed by atoms with E-state index in [4.69, 9.17) is 0 Å². The molecule has 74 valence electrons. The van der Waals surface area contributed by atoms with E-state index in [0.717, 1.165) is 0 Å². The van der Waals surface area contributed by atoms with Crippen LogP contribution in [0.5, 0.6) is 0 Å². The number of hydrogen-bond acceptors (Lipinski definition) is 0. The fourth-order valence-corrected chi connectivity index (χ4v) is 4.76. The van der Waals surface area contributed by atoms with Crippen molar-refractivity contribution in [2.45, 2.75) is 5.02 Å². The molecule has 0 saturated carbocycles. The second-order valence-corrected chi connectivity index (χ2v) is 7.28. The van der Waals surface area contributed by atoms with E-state index in [9.17, 15) is 0 Å². The van der Waals surface area contributed by atoms with Crippen LogP contribution >= 0.6 is 17.0 Å². The Morgan fingerprint density at radius 1 is 0.733 bits per heavy atom. The maximum absolute atomic E-state index is 2.27. The molecule has 0 atom stereocenters. The molecule has 0 nitrogen and oxygen atoms in total. The molecule has 0 fully saturated rings. The van der Waals surface area contributed by atoms with E-state index in [0.29, 0.717) is 0 Å². The van der Waals surface area contributed by atoms with Gasteiger partial charge in [-0.15, -0.1) is 17.0 Å². The molecule has 0 bridgehead atoms. The van der Waals surface area contributed by atoms with Crippen molar-refractivity contribution in [1.82, 2.24) is 0 Å². The fourth-order valence-electron chi connectivity index (χ4n) is 1.58. The summed E-state index contributed by atoms with van der Waals surface area (Å²) < 4.78 is 1.60. The SMILES string of the molecule is Br.c1ccc([CH2][Zn][c]2ccccc2)cc1. The molecule has 0 aliphatic carbocycles. The molecule has 2 heteroatoms. The molecule has 2 rings (SSSR count). The zero-order valence-electron chi connectivity index (χ0n) is 8.60. The quantitative estimate of drug-likeness (QED) is 0.764. The van der Waals surface area contributed by atoms with Gasteiger partial charge in [0.2, 0.25) is 0 Å². The van der Waals surface area contributed by atoms with Crippen molar-refractivity contribution in [3.05, 3.63) is 66.2 Å². The fraction of sp³-hybridized carbons (Fsp3) is 0.0769. The van der Waals surface area contributed by atoms with Gasteiger partial charge in [0, 0.05) is 0 Å². The van der Waals surface area contributed by atoms with Gasteiger partial charge in [-0.2, -0.15) is 0 Å². The third-order valence-corrected chi connectivity index (χ3v) is 6.32. The van der Waals surface area contributed by atoms with Gasteiger partial charge >= 0.3 is 92.5 Å². The summed E-state index contributed by atoms with van der Waals surface area (Å²) in [6, 6.07) is 21.7. The molecule has 0 radical (unpaired) electrons. The number of hydrogen-bond donors (Lipinski definition) is 0. The van der Waals surface area contributed by atoms with Gasteiger partial charge in [0.05, 0.1) is 0 Å². The Morgan fingerprint density at radius 2 is 1.27 bits per heavy atom. The first kappa shape index (κ1) is 12.6. The minimum atomic E-state index is -0.544. The zero-order valence-corrected chi connectivity index (χ0v) is 13.3. The van der Waals surface area contributed by atoms with Gasteiger partial charge in [0.1, 0.15) is 0 Å². The average molecular weight is 315 g/mol. The second kappa shape index (κ2) is 6.92. The van der Waals surface area contributed by atoms with Gasteiger partial charge in [0.15, 0.2) is 0 Å². The normalized spacial score (nSPS) is 8.80. The number of benzene rings is 2. The van der Waals surface area contributed by atoms with E-state index < -0.39 is 17.1 Å². The van der Waals surface area contributed by atoms with Crippen molar-refractivity contribution in [2.75, 3.05) is 0 Å². The van der Waals surface area contributed by atoms with Crippen molar-refractivity contribution in [3.63, 3.8) is 0 Å². The van der Waals surface area contributed by atoms with Crippen LogP contribution in [-0.2, 0) is 22.1 Å². The van der Waals surface area contributed by atoms with E-state index in [1.807, 2.05) is 0 Å². The van der Waals surface area contributed by atoms with E-state index in [2.05, 4.69) is 60.7 Å². The summed E-state index contributed by atoms with van der Waals surface area (Å²) in [5.74, 6) is 0. The predicted octanol–water partition coefficient (Wildman–Crippen LogP) is 3.17. The third-order valence-electron chi connectivity index (χ3n) is 2.39. The van der Waals surface area contributed by atoms with Crippen LogP contribution in [0.3, 0.4) is 0 Å². The van der Waals surface area contributed by atoms with Crippen molar-refractivity contribution >= 4 is 21.1 Å². The van der Waals surface area contributed by atoms with Gasteiger partial charge < -0.3 is 0 Å². The first-order valence-corrected chi connectivity index (χ1v) is 8.61. The molecule has 0 amide bonds. The Kier molecular flexibility index (Phi) is 5.82. The van der Waals surface area contributed by atoms with Crippen LogP contribution in [-0.4, -0.2) is 0 Å². The Morgan fingerprint density at radius 3 is 1.87 bits per heavy atom. The monoisotopic (exact) mass is 312 g/mol. The summed E-state index contributed by atoms with van der Waals surface area (Å²) in [5, 5.41) is 1.32. The third kappa shape index (κ3) is 4.28. The van der Waals surface area contributed by atoms with E-state index in [1.165, 1.54) is 10.6 Å². The summed E-state index contributed by atoms with van der Waals surface area (Å²) in [6.07, 6.45) is 0. The maximum atomic E-state index is 2.27. The van der Waals surface area contributed by atoms with Gasteiger partial charge in [-0.3, -0.25) is 0 Å². The van der Waals surface area contributed by atoms with Gasteiger partial charge in [-0.05, 0) is 0 Å². The van der Waals surface area contributed by atoms with Crippen LogP contribution in [0.25, 0.3) is 0 Å². The van der Waals surface area contributed by atoms with Crippen molar-refractivity contribution in [1.29, 1.82) is 0 Å². The second-order valence-electron chi connectivity index (χ2n) is 3.47. The zero-order chi connectivity index (χ0) is 9.64. The van der Waals surface area contributed by atoms with Crippen LogP contribution in [0.4, 0.5) is 0 Å². The summed E-state index contributed by atoms with van der Waals surface area (Å²) in [6.45, 7) is 0. The average Bonchev–Trinajstić information content (AvgIpc) is 2.29. The summed E-state index contributed by atoms with van der Waals surface area (Å²) in [4.78, 5) is 0. The van der Waals surface area contributed by atoms with E-state index >= 15 is 0 Å². The van der Waals surface area contributed by atoms with Crippen molar-refractivity contribution < 1.29 is 17.1 Å². The summed E-state index contributed by atoms with van der Waals surface area (Å²) in [7, 11) is 0. The Hall–Kier alpha value is -0.457. The molecule has 0 aromatic heterocycles. The van der Waals surface area contributed by atoms with Gasteiger partial charge in [-0.25, -0.2) is 0 Å². The standard InChI is InChI=1S/C7H7.C6H5.BrH.Zn/c1-7-5-3-2-4-6-7;1-2-4-6-5-3-1;;/h2-6H,1H2;1-5H;1H;. The molecule has 2 aromatic rings. The number of rotatable bonds is 3. The van der Waals surface area contributed by atoms with E-state index in [-0.39, 0.29) is 17.0 Å². The summed E-state index contributed by atoms with van der Waals surface area (Å²) in [5.41, 5.74) is 1.50. The molecule has 0 unspecified atom stereocenters. The van der Waals surface area contributed by atoms with Crippen LogP contribution in [0.1, 0.15) is 5.56 Å². The molecule has 0 N–H and O–H groups in total. The molecule has 0 saturated heterocycles. The van der Waals surface area contributed by atoms with Crippen LogP contribution in [0, 0.1) is 0 Å². The first-order chi connectivity index (χ1) is 6.95. The molecular weight excluding hydrogens is 301 g/mol. The molecule has 0 aliphatic rings. The molecule has 15 heavy (non-hydrogen) atoms. The Labute approximate surface area is 109 Å². The molecule has 0 heterocycles. The Bertz CT molecular complexity index is 333. The van der Waals surface area contributed by atoms with Crippen molar-refractivity contribution in [3.8, 4) is 0 Å². The van der Waals surface area contributed by atoms with Crippen LogP contribution in [0.2, 0.25) is 0 Å². The summed E-state index contributed by atoms with van der Waals surface area (Å²) >= 11 is -0.544. The van der Waals surface area contributed by atoms with Gasteiger partial charge in [-0.1, -0.05) is 0 Å². The molecule has 2 aromatic carbocycles. The van der Waals surface area contributed by atoms with Gasteiger partial charge in [0.25, 0.3) is 0 Å². The van der Waals surface area contributed by atoms with Crippen LogP contribution < -0.4 is 4.16 Å². The van der Waals surface area contributed by atoms with Crippen molar-refractivity contribution in [2.24, 2.45) is 0 Å². The topological polar surface area (TPSA) is 0 Å². The first-order valence-electron chi connectivity index (χ1n) is 5.03. The predicted molar refractivity (Wildman–Crippen MR) is 66.5 cm³/mol. The molecule has 0 spiro atoms. The minimum absolute atomic E-state index is 0.